The average Bonchev–Trinajstić information content (AvgIpc) is 2.72. The van der Waals surface area contributed by atoms with Gasteiger partial charge in [0.25, 0.3) is 0 Å². The van der Waals surface area contributed by atoms with Crippen molar-refractivity contribution < 1.29 is 14.3 Å². The molecule has 1 aliphatic carbocycles. The van der Waals surface area contributed by atoms with Crippen LogP contribution in [0.2, 0.25) is 0 Å². The molecule has 150 valence electrons. The fourth-order valence-corrected chi connectivity index (χ4v) is 3.69. The molecule has 5 nitrogen and oxygen atoms in total. The highest BCUT2D eigenvalue weighted by atomic mass is 16.5. The summed E-state index contributed by atoms with van der Waals surface area (Å²) < 4.78 is 11.4. The van der Waals surface area contributed by atoms with E-state index >= 15 is 0 Å². The lowest BCUT2D eigenvalue weighted by Gasteiger charge is -2.27. The molecule has 1 amide bonds. The van der Waals surface area contributed by atoms with E-state index in [1.54, 1.807) is 7.11 Å². The lowest BCUT2D eigenvalue weighted by Crippen LogP contribution is -2.38. The van der Waals surface area contributed by atoms with Crippen LogP contribution in [0.15, 0.2) is 48.5 Å². The Kier molecular flexibility index (Phi) is 6.93. The third kappa shape index (κ3) is 5.26. The smallest absolute Gasteiger partial charge is 0.223 e. The molecule has 1 aliphatic rings. The number of carbonyl (C=O) groups is 1. The van der Waals surface area contributed by atoms with Crippen LogP contribution in [0.3, 0.4) is 0 Å². The van der Waals surface area contributed by atoms with Crippen molar-refractivity contribution in [3.05, 3.63) is 59.7 Å². The number of nitrogens with one attached hydrogen (secondary N) is 1. The number of benzene rings is 2. The van der Waals surface area contributed by atoms with Crippen molar-refractivity contribution in [1.29, 1.82) is 0 Å². The van der Waals surface area contributed by atoms with Crippen LogP contribution in [0.1, 0.15) is 49.8 Å². The zero-order chi connectivity index (χ0) is 19.9. The molecule has 2 aromatic rings. The number of methoxy groups -OCH3 is 1. The van der Waals surface area contributed by atoms with Crippen molar-refractivity contribution in [2.75, 3.05) is 7.11 Å². The number of rotatable bonds is 7. The largest absolute Gasteiger partial charge is 0.493 e. The number of carbonyl (C=O) groups excluding carboxylic acids is 1. The van der Waals surface area contributed by atoms with Crippen molar-refractivity contribution >= 4 is 5.91 Å². The highest BCUT2D eigenvalue weighted by molar-refractivity contribution is 5.79. The monoisotopic (exact) mass is 382 g/mol. The number of amides is 1. The molecule has 0 heterocycles. The SMILES string of the molecule is COc1cc(C(C)NC(=O)C2CCCC(N)C2)ccc1OCc1ccccc1. The zero-order valence-electron chi connectivity index (χ0n) is 16.7. The zero-order valence-corrected chi connectivity index (χ0v) is 16.7. The molecular formula is C23H30N2O3. The normalized spacial score (nSPS) is 20.2. The summed E-state index contributed by atoms with van der Waals surface area (Å²) >= 11 is 0. The molecule has 1 fully saturated rings. The van der Waals surface area contributed by atoms with Crippen LogP contribution >= 0.6 is 0 Å². The average molecular weight is 383 g/mol. The van der Waals surface area contributed by atoms with Crippen LogP contribution in [-0.2, 0) is 11.4 Å². The van der Waals surface area contributed by atoms with E-state index in [4.69, 9.17) is 15.2 Å². The molecule has 3 rings (SSSR count). The second-order valence-electron chi connectivity index (χ2n) is 7.54. The minimum absolute atomic E-state index is 0.0153. The van der Waals surface area contributed by atoms with Gasteiger partial charge in [0.2, 0.25) is 5.91 Å². The van der Waals surface area contributed by atoms with Gasteiger partial charge in [0, 0.05) is 12.0 Å². The topological polar surface area (TPSA) is 73.6 Å². The van der Waals surface area contributed by atoms with E-state index in [-0.39, 0.29) is 23.9 Å². The van der Waals surface area contributed by atoms with E-state index in [0.29, 0.717) is 18.1 Å². The van der Waals surface area contributed by atoms with Crippen LogP contribution < -0.4 is 20.5 Å². The first-order valence-electron chi connectivity index (χ1n) is 9.97. The molecule has 1 saturated carbocycles. The number of hydrogen-bond acceptors (Lipinski definition) is 4. The van der Waals surface area contributed by atoms with Crippen LogP contribution in [0.5, 0.6) is 11.5 Å². The first kappa shape index (κ1) is 20.2. The molecule has 2 aromatic carbocycles. The van der Waals surface area contributed by atoms with E-state index < -0.39 is 0 Å². The van der Waals surface area contributed by atoms with Gasteiger partial charge < -0.3 is 20.5 Å². The first-order chi connectivity index (χ1) is 13.6. The van der Waals surface area contributed by atoms with Gasteiger partial charge in [-0.1, -0.05) is 42.8 Å². The quantitative estimate of drug-likeness (QED) is 0.760. The summed E-state index contributed by atoms with van der Waals surface area (Å²) in [5, 5.41) is 3.12. The summed E-state index contributed by atoms with van der Waals surface area (Å²) in [5.41, 5.74) is 8.10. The van der Waals surface area contributed by atoms with Crippen LogP contribution in [-0.4, -0.2) is 19.1 Å². The number of nitrogens with two attached hydrogens (primary N) is 1. The van der Waals surface area contributed by atoms with Crippen molar-refractivity contribution in [1.82, 2.24) is 5.32 Å². The van der Waals surface area contributed by atoms with Gasteiger partial charge in [-0.15, -0.1) is 0 Å². The Morgan fingerprint density at radius 2 is 1.96 bits per heavy atom. The Morgan fingerprint density at radius 3 is 2.68 bits per heavy atom. The molecule has 0 radical (unpaired) electrons. The van der Waals surface area contributed by atoms with Crippen LogP contribution in [0.25, 0.3) is 0 Å². The molecule has 28 heavy (non-hydrogen) atoms. The third-order valence-electron chi connectivity index (χ3n) is 5.37. The Bertz CT molecular complexity index is 779. The van der Waals surface area contributed by atoms with E-state index in [0.717, 1.165) is 36.8 Å². The van der Waals surface area contributed by atoms with E-state index in [1.807, 2.05) is 55.5 Å². The van der Waals surface area contributed by atoms with Gasteiger partial charge in [0.15, 0.2) is 11.5 Å². The highest BCUT2D eigenvalue weighted by Crippen LogP contribution is 2.31. The maximum Gasteiger partial charge on any atom is 0.223 e. The lowest BCUT2D eigenvalue weighted by molar-refractivity contribution is -0.126. The maximum atomic E-state index is 12.6. The fourth-order valence-electron chi connectivity index (χ4n) is 3.69. The Labute approximate surface area is 167 Å². The van der Waals surface area contributed by atoms with Gasteiger partial charge in [-0.05, 0) is 49.4 Å². The summed E-state index contributed by atoms with van der Waals surface area (Å²) in [4.78, 5) is 12.6. The Balaban J connectivity index is 1.62. The Morgan fingerprint density at radius 1 is 1.18 bits per heavy atom. The van der Waals surface area contributed by atoms with Crippen LogP contribution in [0, 0.1) is 5.92 Å². The molecule has 0 bridgehead atoms. The minimum atomic E-state index is -0.109. The van der Waals surface area contributed by atoms with E-state index in [2.05, 4.69) is 5.32 Å². The fraction of sp³-hybridized carbons (Fsp3) is 0.435. The van der Waals surface area contributed by atoms with Gasteiger partial charge >= 0.3 is 0 Å². The van der Waals surface area contributed by atoms with E-state index in [1.165, 1.54) is 0 Å². The first-order valence-corrected chi connectivity index (χ1v) is 9.97. The molecule has 3 N–H and O–H groups in total. The van der Waals surface area contributed by atoms with Crippen molar-refractivity contribution in [3.8, 4) is 11.5 Å². The molecule has 0 aromatic heterocycles. The predicted molar refractivity (Wildman–Crippen MR) is 110 cm³/mol. The second-order valence-corrected chi connectivity index (χ2v) is 7.54. The number of hydrogen-bond donors (Lipinski definition) is 2. The van der Waals surface area contributed by atoms with Gasteiger partial charge in [0.1, 0.15) is 6.61 Å². The highest BCUT2D eigenvalue weighted by Gasteiger charge is 2.26. The third-order valence-corrected chi connectivity index (χ3v) is 5.37. The summed E-state index contributed by atoms with van der Waals surface area (Å²) in [6, 6.07) is 15.8. The van der Waals surface area contributed by atoms with Gasteiger partial charge in [-0.25, -0.2) is 0 Å². The predicted octanol–water partition coefficient (Wildman–Crippen LogP) is 3.97. The minimum Gasteiger partial charge on any atom is -0.493 e. The second kappa shape index (κ2) is 9.60. The molecule has 5 heteroatoms. The molecule has 0 spiro atoms. The summed E-state index contributed by atoms with van der Waals surface area (Å²) in [6.45, 7) is 2.46. The van der Waals surface area contributed by atoms with Crippen molar-refractivity contribution in [2.24, 2.45) is 11.7 Å². The maximum absolute atomic E-state index is 12.6. The Hall–Kier alpha value is -2.53. The summed E-state index contributed by atoms with van der Waals surface area (Å²) in [5.74, 6) is 1.45. The van der Waals surface area contributed by atoms with Gasteiger partial charge in [-0.3, -0.25) is 4.79 Å². The molecule has 0 saturated heterocycles. The van der Waals surface area contributed by atoms with Crippen molar-refractivity contribution in [3.63, 3.8) is 0 Å². The molecular weight excluding hydrogens is 352 g/mol. The molecule has 0 aliphatic heterocycles. The van der Waals surface area contributed by atoms with Gasteiger partial charge in [-0.2, -0.15) is 0 Å². The lowest BCUT2D eigenvalue weighted by atomic mass is 9.85. The van der Waals surface area contributed by atoms with Gasteiger partial charge in [0.05, 0.1) is 13.2 Å². The molecule has 3 unspecified atom stereocenters. The number of ether oxygens (including phenoxy) is 2. The summed E-state index contributed by atoms with van der Waals surface area (Å²) in [7, 11) is 1.63. The van der Waals surface area contributed by atoms with E-state index in [9.17, 15) is 4.79 Å². The molecule has 3 atom stereocenters. The van der Waals surface area contributed by atoms with Crippen LogP contribution in [0.4, 0.5) is 0 Å². The standard InChI is InChI=1S/C23H30N2O3/c1-16(25-23(26)19-9-6-10-20(24)13-19)18-11-12-21(22(14-18)27-2)28-15-17-7-4-3-5-8-17/h3-5,7-8,11-12,14,16,19-20H,6,9-10,13,15,24H2,1-2H3,(H,25,26). The summed E-state index contributed by atoms with van der Waals surface area (Å²) in [6.07, 6.45) is 3.73. The van der Waals surface area contributed by atoms with Crippen molar-refractivity contribution in [2.45, 2.75) is 51.3 Å².